The van der Waals surface area contributed by atoms with Crippen molar-refractivity contribution in [3.05, 3.63) is 30.2 Å². The summed E-state index contributed by atoms with van der Waals surface area (Å²) >= 11 is 0. The van der Waals surface area contributed by atoms with Gasteiger partial charge in [-0.1, -0.05) is 6.92 Å². The molecule has 0 saturated carbocycles. The lowest BCUT2D eigenvalue weighted by molar-refractivity contribution is 0.394. The maximum absolute atomic E-state index is 5.10. The van der Waals surface area contributed by atoms with E-state index in [2.05, 4.69) is 0 Å². The van der Waals surface area contributed by atoms with Crippen molar-refractivity contribution in [3.63, 3.8) is 0 Å². The van der Waals surface area contributed by atoms with Gasteiger partial charge in [-0.15, -0.1) is 0 Å². The van der Waals surface area contributed by atoms with Crippen LogP contribution in [0.2, 0.25) is 0 Å². The summed E-state index contributed by atoms with van der Waals surface area (Å²) in [4.78, 5) is 0. The second kappa shape index (κ2) is 4.00. The summed E-state index contributed by atoms with van der Waals surface area (Å²) in [6, 6.07) is 5.78. The zero-order chi connectivity index (χ0) is 8.97. The molecular formula is C10H13O2. The minimum Gasteiger partial charge on any atom is -0.497 e. The van der Waals surface area contributed by atoms with E-state index in [-0.39, 0.29) is 0 Å². The predicted molar refractivity (Wildman–Crippen MR) is 48.6 cm³/mol. The third kappa shape index (κ3) is 1.91. The predicted octanol–water partition coefficient (Wildman–Crippen LogP) is 2.28. The smallest absolute Gasteiger partial charge is 0.122 e. The Kier molecular flexibility index (Phi) is 2.97. The first-order valence-electron chi connectivity index (χ1n) is 3.82. The molecule has 0 aliphatic carbocycles. The van der Waals surface area contributed by atoms with Crippen molar-refractivity contribution < 1.29 is 9.47 Å². The third-order valence-corrected chi connectivity index (χ3v) is 1.71. The van der Waals surface area contributed by atoms with Crippen LogP contribution in [-0.4, -0.2) is 14.2 Å². The van der Waals surface area contributed by atoms with Gasteiger partial charge in [0.2, 0.25) is 0 Å². The molecule has 0 atom stereocenters. The Hall–Kier alpha value is -1.18. The molecule has 65 valence electrons. The lowest BCUT2D eigenvalue weighted by Gasteiger charge is -2.06. The number of rotatable bonds is 3. The number of methoxy groups -OCH3 is 2. The minimum absolute atomic E-state index is 0.822. The van der Waals surface area contributed by atoms with Gasteiger partial charge in [0.05, 0.1) is 14.2 Å². The number of hydrogen-bond donors (Lipinski definition) is 0. The van der Waals surface area contributed by atoms with E-state index in [4.69, 9.17) is 9.47 Å². The summed E-state index contributed by atoms with van der Waals surface area (Å²) in [7, 11) is 3.29. The van der Waals surface area contributed by atoms with Crippen LogP contribution < -0.4 is 9.47 Å². The average Bonchev–Trinajstić information content (AvgIpc) is 2.16. The van der Waals surface area contributed by atoms with E-state index in [9.17, 15) is 0 Å². The van der Waals surface area contributed by atoms with Gasteiger partial charge >= 0.3 is 0 Å². The highest BCUT2D eigenvalue weighted by atomic mass is 16.5. The lowest BCUT2D eigenvalue weighted by atomic mass is 10.1. The molecule has 0 aromatic heterocycles. The van der Waals surface area contributed by atoms with Gasteiger partial charge in [-0.3, -0.25) is 0 Å². The second-order valence-corrected chi connectivity index (χ2v) is 2.43. The van der Waals surface area contributed by atoms with Gasteiger partial charge in [-0.05, 0) is 24.1 Å². The summed E-state index contributed by atoms with van der Waals surface area (Å²) in [6.07, 6.45) is 2.00. The van der Waals surface area contributed by atoms with Crippen LogP contribution in [0.1, 0.15) is 12.5 Å². The van der Waals surface area contributed by atoms with Gasteiger partial charge in [0, 0.05) is 6.07 Å². The Morgan fingerprint density at radius 1 is 1.00 bits per heavy atom. The van der Waals surface area contributed by atoms with Gasteiger partial charge in [0.1, 0.15) is 11.5 Å². The van der Waals surface area contributed by atoms with Crippen LogP contribution in [-0.2, 0) is 0 Å². The van der Waals surface area contributed by atoms with Gasteiger partial charge in [0.15, 0.2) is 0 Å². The van der Waals surface area contributed by atoms with Crippen molar-refractivity contribution in [2.75, 3.05) is 14.2 Å². The van der Waals surface area contributed by atoms with E-state index in [0.29, 0.717) is 0 Å². The summed E-state index contributed by atoms with van der Waals surface area (Å²) < 4.78 is 10.2. The molecule has 0 heterocycles. The lowest BCUT2D eigenvalue weighted by Crippen LogP contribution is -1.89. The second-order valence-electron chi connectivity index (χ2n) is 2.43. The fourth-order valence-corrected chi connectivity index (χ4v) is 0.996. The Morgan fingerprint density at radius 2 is 1.50 bits per heavy atom. The molecule has 1 aromatic carbocycles. The van der Waals surface area contributed by atoms with E-state index < -0.39 is 0 Å². The van der Waals surface area contributed by atoms with Crippen molar-refractivity contribution in [2.24, 2.45) is 0 Å². The largest absolute Gasteiger partial charge is 0.497 e. The van der Waals surface area contributed by atoms with Crippen molar-refractivity contribution >= 4 is 0 Å². The van der Waals surface area contributed by atoms with Crippen molar-refractivity contribution in [2.45, 2.75) is 6.92 Å². The zero-order valence-corrected chi connectivity index (χ0v) is 7.63. The molecule has 1 rings (SSSR count). The Bertz CT molecular complexity index is 201. The first kappa shape index (κ1) is 8.91. The molecule has 0 unspecified atom stereocenters. The molecule has 0 amide bonds. The van der Waals surface area contributed by atoms with Crippen LogP contribution in [0.5, 0.6) is 11.5 Å². The van der Waals surface area contributed by atoms with Crippen LogP contribution in [0.4, 0.5) is 0 Å². The van der Waals surface area contributed by atoms with Crippen molar-refractivity contribution in [3.8, 4) is 11.5 Å². The normalized spacial score (nSPS) is 9.58. The Labute approximate surface area is 73.1 Å². The van der Waals surface area contributed by atoms with Gasteiger partial charge in [-0.2, -0.15) is 0 Å². The average molecular weight is 165 g/mol. The summed E-state index contributed by atoms with van der Waals surface area (Å²) in [5, 5.41) is 0. The molecule has 0 aliphatic rings. The molecule has 1 aromatic rings. The van der Waals surface area contributed by atoms with Crippen molar-refractivity contribution in [1.29, 1.82) is 0 Å². The Balaban J connectivity index is 3.01. The van der Waals surface area contributed by atoms with E-state index in [0.717, 1.165) is 17.1 Å². The fraction of sp³-hybridized carbons (Fsp3) is 0.300. The highest BCUT2D eigenvalue weighted by Gasteiger charge is 1.99. The molecule has 1 radical (unpaired) electrons. The number of hydrogen-bond acceptors (Lipinski definition) is 2. The fourth-order valence-electron chi connectivity index (χ4n) is 0.996. The number of benzene rings is 1. The molecular weight excluding hydrogens is 152 g/mol. The summed E-state index contributed by atoms with van der Waals surface area (Å²) in [6.45, 7) is 1.98. The molecule has 0 spiro atoms. The van der Waals surface area contributed by atoms with Crippen LogP contribution in [0.15, 0.2) is 18.2 Å². The van der Waals surface area contributed by atoms with E-state index in [1.165, 1.54) is 0 Å². The monoisotopic (exact) mass is 165 g/mol. The topological polar surface area (TPSA) is 18.5 Å². The minimum atomic E-state index is 0.822. The number of ether oxygens (including phenoxy) is 2. The van der Waals surface area contributed by atoms with E-state index >= 15 is 0 Å². The maximum atomic E-state index is 5.10. The quantitative estimate of drug-likeness (QED) is 0.684. The van der Waals surface area contributed by atoms with Crippen LogP contribution in [0.3, 0.4) is 0 Å². The molecule has 2 nitrogen and oxygen atoms in total. The van der Waals surface area contributed by atoms with Gasteiger partial charge < -0.3 is 9.47 Å². The summed E-state index contributed by atoms with van der Waals surface area (Å²) in [5.74, 6) is 1.64. The van der Waals surface area contributed by atoms with E-state index in [1.54, 1.807) is 14.2 Å². The van der Waals surface area contributed by atoms with Crippen LogP contribution in [0, 0.1) is 6.42 Å². The van der Waals surface area contributed by atoms with Crippen LogP contribution >= 0.6 is 0 Å². The maximum Gasteiger partial charge on any atom is 0.122 e. The van der Waals surface area contributed by atoms with Crippen LogP contribution in [0.25, 0.3) is 0 Å². The SMILES string of the molecule is C[CH]c1cc(OC)cc(OC)c1. The third-order valence-electron chi connectivity index (χ3n) is 1.71. The molecule has 2 heteroatoms. The molecule has 0 saturated heterocycles. The zero-order valence-electron chi connectivity index (χ0n) is 7.63. The first-order valence-corrected chi connectivity index (χ1v) is 3.82. The molecule has 0 bridgehead atoms. The molecule has 0 aliphatic heterocycles. The highest BCUT2D eigenvalue weighted by Crippen LogP contribution is 2.22. The Morgan fingerprint density at radius 3 is 1.83 bits per heavy atom. The molecule has 0 N–H and O–H groups in total. The highest BCUT2D eigenvalue weighted by molar-refractivity contribution is 5.40. The molecule has 0 fully saturated rings. The first-order chi connectivity index (χ1) is 5.80. The van der Waals surface area contributed by atoms with Crippen molar-refractivity contribution in [1.82, 2.24) is 0 Å². The molecule has 12 heavy (non-hydrogen) atoms. The van der Waals surface area contributed by atoms with Gasteiger partial charge in [-0.25, -0.2) is 0 Å². The standard InChI is InChI=1S/C10H13O2/c1-4-8-5-9(11-2)7-10(6-8)12-3/h4-7H,1-3H3. The van der Waals surface area contributed by atoms with Gasteiger partial charge in [0.25, 0.3) is 0 Å². The summed E-state index contributed by atoms with van der Waals surface area (Å²) in [5.41, 5.74) is 1.10. The van der Waals surface area contributed by atoms with E-state index in [1.807, 2.05) is 31.5 Å².